The van der Waals surface area contributed by atoms with Gasteiger partial charge in [0.2, 0.25) is 5.91 Å². The van der Waals surface area contributed by atoms with Crippen molar-refractivity contribution >= 4 is 5.91 Å². The third-order valence-corrected chi connectivity index (χ3v) is 4.72. The Kier molecular flexibility index (Phi) is 5.58. The molecule has 0 radical (unpaired) electrons. The van der Waals surface area contributed by atoms with Crippen LogP contribution >= 0.6 is 0 Å². The first kappa shape index (κ1) is 17.0. The molecule has 6 nitrogen and oxygen atoms in total. The fraction of sp³-hybridized carbons (Fsp3) is 0.611. The summed E-state index contributed by atoms with van der Waals surface area (Å²) in [4.78, 5) is 16.9. The van der Waals surface area contributed by atoms with E-state index in [1.165, 1.54) is 0 Å². The fourth-order valence-corrected chi connectivity index (χ4v) is 3.17. The first-order valence-corrected chi connectivity index (χ1v) is 8.79. The van der Waals surface area contributed by atoms with Gasteiger partial charge in [-0.15, -0.1) is 0 Å². The quantitative estimate of drug-likeness (QED) is 0.879. The molecule has 0 aromatic heterocycles. The lowest BCUT2D eigenvalue weighted by Gasteiger charge is -2.33. The van der Waals surface area contributed by atoms with Crippen LogP contribution in [-0.4, -0.2) is 68.2 Å². The Labute approximate surface area is 143 Å². The average molecular weight is 333 g/mol. The second kappa shape index (κ2) is 7.85. The molecular formula is C18H27N3O3. The number of ether oxygens (including phenoxy) is 2. The third kappa shape index (κ3) is 4.19. The number of piperazine rings is 1. The molecule has 3 rings (SSSR count). The summed E-state index contributed by atoms with van der Waals surface area (Å²) in [5.74, 6) is 1.61. The molecular weight excluding hydrogens is 306 g/mol. The Hall–Kier alpha value is -1.79. The van der Waals surface area contributed by atoms with E-state index in [2.05, 4.69) is 22.0 Å². The van der Waals surface area contributed by atoms with Crippen LogP contribution in [0.5, 0.6) is 11.5 Å². The predicted octanol–water partition coefficient (Wildman–Crippen LogP) is 1.27. The average Bonchev–Trinajstić information content (AvgIpc) is 2.61. The zero-order valence-electron chi connectivity index (χ0n) is 14.6. The number of amides is 1. The van der Waals surface area contributed by atoms with Crippen LogP contribution in [0.15, 0.2) is 18.2 Å². The van der Waals surface area contributed by atoms with Crippen LogP contribution in [0, 0.1) is 0 Å². The highest BCUT2D eigenvalue weighted by Crippen LogP contribution is 2.32. The maximum atomic E-state index is 12.3. The van der Waals surface area contributed by atoms with Gasteiger partial charge in [0.15, 0.2) is 11.5 Å². The number of likely N-dealkylation sites (N-methyl/N-ethyl adjacent to an activating group) is 1. The van der Waals surface area contributed by atoms with E-state index in [1.54, 1.807) is 0 Å². The molecule has 0 saturated carbocycles. The number of fused-ring (bicyclic) bond motifs is 1. The Balaban J connectivity index is 1.51. The molecule has 24 heavy (non-hydrogen) atoms. The van der Waals surface area contributed by atoms with Gasteiger partial charge in [-0.3, -0.25) is 9.69 Å². The van der Waals surface area contributed by atoms with Gasteiger partial charge < -0.3 is 19.7 Å². The number of rotatable bonds is 5. The van der Waals surface area contributed by atoms with Crippen LogP contribution in [0.25, 0.3) is 0 Å². The van der Waals surface area contributed by atoms with E-state index in [4.69, 9.17) is 9.47 Å². The summed E-state index contributed by atoms with van der Waals surface area (Å²) < 4.78 is 11.1. The van der Waals surface area contributed by atoms with Gasteiger partial charge in [0.25, 0.3) is 0 Å². The molecule has 1 saturated heterocycles. The maximum Gasteiger partial charge on any atom is 0.234 e. The maximum absolute atomic E-state index is 12.3. The van der Waals surface area contributed by atoms with E-state index in [9.17, 15) is 4.79 Å². The van der Waals surface area contributed by atoms with Crippen molar-refractivity contribution in [1.82, 2.24) is 15.1 Å². The largest absolute Gasteiger partial charge is 0.486 e. The van der Waals surface area contributed by atoms with Crippen LogP contribution in [-0.2, 0) is 4.79 Å². The van der Waals surface area contributed by atoms with Gasteiger partial charge in [-0.25, -0.2) is 0 Å². The number of carbonyl (C=O) groups is 1. The van der Waals surface area contributed by atoms with Crippen molar-refractivity contribution in [2.75, 3.05) is 52.5 Å². The lowest BCUT2D eigenvalue weighted by atomic mass is 10.1. The summed E-state index contributed by atoms with van der Waals surface area (Å²) in [6.45, 7) is 10.9. The number of benzene rings is 1. The molecule has 1 amide bonds. The van der Waals surface area contributed by atoms with Crippen molar-refractivity contribution in [2.24, 2.45) is 0 Å². The Morgan fingerprint density at radius 1 is 1.12 bits per heavy atom. The van der Waals surface area contributed by atoms with E-state index in [0.717, 1.165) is 49.8 Å². The second-order valence-corrected chi connectivity index (χ2v) is 6.40. The summed E-state index contributed by atoms with van der Waals surface area (Å²) in [6.07, 6.45) is 0. The van der Waals surface area contributed by atoms with E-state index in [-0.39, 0.29) is 11.9 Å². The molecule has 2 heterocycles. The lowest BCUT2D eigenvalue weighted by molar-refractivity contribution is -0.123. The Morgan fingerprint density at radius 3 is 2.50 bits per heavy atom. The molecule has 2 aliphatic rings. The summed E-state index contributed by atoms with van der Waals surface area (Å²) in [7, 11) is 0. The van der Waals surface area contributed by atoms with Crippen molar-refractivity contribution in [1.29, 1.82) is 0 Å². The smallest absolute Gasteiger partial charge is 0.234 e. The SMILES string of the molecule is CCN1CCN(CC(=O)N[C@H](C)c2ccc3c(c2)OCCO3)CC1. The number of nitrogens with one attached hydrogen (secondary N) is 1. The molecule has 132 valence electrons. The van der Waals surface area contributed by atoms with E-state index >= 15 is 0 Å². The lowest BCUT2D eigenvalue weighted by Crippen LogP contribution is -2.49. The molecule has 1 atom stereocenters. The second-order valence-electron chi connectivity index (χ2n) is 6.40. The highest BCUT2D eigenvalue weighted by molar-refractivity contribution is 5.78. The number of carbonyl (C=O) groups excluding carboxylic acids is 1. The normalized spacial score (nSPS) is 19.8. The molecule has 6 heteroatoms. The van der Waals surface area contributed by atoms with Gasteiger partial charge in [0.05, 0.1) is 12.6 Å². The Morgan fingerprint density at radius 2 is 1.79 bits per heavy atom. The summed E-state index contributed by atoms with van der Waals surface area (Å²) >= 11 is 0. The van der Waals surface area contributed by atoms with Crippen molar-refractivity contribution in [2.45, 2.75) is 19.9 Å². The minimum absolute atomic E-state index is 0.0507. The van der Waals surface area contributed by atoms with Crippen molar-refractivity contribution < 1.29 is 14.3 Å². The summed E-state index contributed by atoms with van der Waals surface area (Å²) in [5.41, 5.74) is 1.03. The van der Waals surface area contributed by atoms with Gasteiger partial charge in [0.1, 0.15) is 13.2 Å². The molecule has 2 aliphatic heterocycles. The molecule has 0 unspecified atom stereocenters. The highest BCUT2D eigenvalue weighted by atomic mass is 16.6. The molecule has 1 aromatic carbocycles. The molecule has 0 spiro atoms. The molecule has 1 N–H and O–H groups in total. The van der Waals surface area contributed by atoms with Gasteiger partial charge in [-0.05, 0) is 31.2 Å². The van der Waals surface area contributed by atoms with Crippen LogP contribution in [0.3, 0.4) is 0 Å². The molecule has 0 aliphatic carbocycles. The van der Waals surface area contributed by atoms with Crippen molar-refractivity contribution in [3.8, 4) is 11.5 Å². The van der Waals surface area contributed by atoms with E-state index in [0.29, 0.717) is 19.8 Å². The zero-order chi connectivity index (χ0) is 16.9. The van der Waals surface area contributed by atoms with Crippen LogP contribution in [0.4, 0.5) is 0 Å². The topological polar surface area (TPSA) is 54.0 Å². The first-order chi connectivity index (χ1) is 11.7. The van der Waals surface area contributed by atoms with E-state index < -0.39 is 0 Å². The number of hydrogen-bond acceptors (Lipinski definition) is 5. The van der Waals surface area contributed by atoms with Crippen LogP contribution in [0.2, 0.25) is 0 Å². The fourth-order valence-electron chi connectivity index (χ4n) is 3.17. The van der Waals surface area contributed by atoms with Gasteiger partial charge >= 0.3 is 0 Å². The van der Waals surface area contributed by atoms with E-state index in [1.807, 2.05) is 25.1 Å². The van der Waals surface area contributed by atoms with Crippen molar-refractivity contribution in [3.05, 3.63) is 23.8 Å². The number of hydrogen-bond donors (Lipinski definition) is 1. The van der Waals surface area contributed by atoms with Crippen molar-refractivity contribution in [3.63, 3.8) is 0 Å². The monoisotopic (exact) mass is 333 g/mol. The van der Waals surface area contributed by atoms with Gasteiger partial charge in [-0.2, -0.15) is 0 Å². The number of nitrogens with zero attached hydrogens (tertiary/aromatic N) is 2. The van der Waals surface area contributed by atoms with Gasteiger partial charge in [0, 0.05) is 26.2 Å². The zero-order valence-corrected chi connectivity index (χ0v) is 14.6. The third-order valence-electron chi connectivity index (χ3n) is 4.72. The van der Waals surface area contributed by atoms with Crippen LogP contribution < -0.4 is 14.8 Å². The molecule has 1 fully saturated rings. The highest BCUT2D eigenvalue weighted by Gasteiger charge is 2.20. The molecule has 1 aromatic rings. The Bertz CT molecular complexity index is 571. The van der Waals surface area contributed by atoms with Crippen LogP contribution in [0.1, 0.15) is 25.5 Å². The minimum Gasteiger partial charge on any atom is -0.486 e. The molecule has 0 bridgehead atoms. The standard InChI is InChI=1S/C18H27N3O3/c1-3-20-6-8-21(9-7-20)13-18(22)19-14(2)15-4-5-16-17(12-15)24-11-10-23-16/h4-5,12,14H,3,6-11,13H2,1-2H3,(H,19,22)/t14-/m1/s1. The first-order valence-electron chi connectivity index (χ1n) is 8.79. The summed E-state index contributed by atoms with van der Waals surface area (Å²) in [6, 6.07) is 5.80. The summed E-state index contributed by atoms with van der Waals surface area (Å²) in [5, 5.41) is 3.08. The minimum atomic E-state index is -0.0507. The van der Waals surface area contributed by atoms with Gasteiger partial charge in [-0.1, -0.05) is 13.0 Å². The predicted molar refractivity (Wildman–Crippen MR) is 92.5 cm³/mol.